The van der Waals surface area contributed by atoms with Gasteiger partial charge in [-0.15, -0.1) is 11.3 Å². The number of unbranched alkanes of at least 4 members (excludes halogenated alkanes) is 1. The summed E-state index contributed by atoms with van der Waals surface area (Å²) in [6.45, 7) is 14.8. The van der Waals surface area contributed by atoms with E-state index in [4.69, 9.17) is 0 Å². The molecule has 5 aromatic rings. The molecule has 0 unspecified atom stereocenters. The van der Waals surface area contributed by atoms with E-state index in [2.05, 4.69) is 111 Å². The fourth-order valence-corrected chi connectivity index (χ4v) is 7.22. The Morgan fingerprint density at radius 2 is 1.40 bits per heavy atom. The predicted molar refractivity (Wildman–Crippen MR) is 176 cm³/mol. The fourth-order valence-electron chi connectivity index (χ4n) is 6.19. The maximum atomic E-state index is 13.9. The van der Waals surface area contributed by atoms with Crippen LogP contribution in [-0.4, -0.2) is 41.5 Å². The number of amides is 1. The first kappa shape index (κ1) is 31.9. The van der Waals surface area contributed by atoms with Crippen molar-refractivity contribution in [3.63, 3.8) is 0 Å². The lowest BCUT2D eigenvalue weighted by atomic mass is 10.1. The van der Waals surface area contributed by atoms with Crippen LogP contribution in [0.5, 0.6) is 0 Å². The smallest absolute Gasteiger partial charge is 0.264 e. The van der Waals surface area contributed by atoms with Gasteiger partial charge in [0.1, 0.15) is 6.54 Å². The van der Waals surface area contributed by atoms with Crippen LogP contribution in [0.4, 0.5) is 0 Å². The number of halogens is 1. The second-order valence-corrected chi connectivity index (χ2v) is 12.7. The zero-order valence-electron chi connectivity index (χ0n) is 25.4. The molecule has 5 rings (SSSR count). The maximum absolute atomic E-state index is 13.9. The van der Waals surface area contributed by atoms with Gasteiger partial charge in [0.05, 0.1) is 24.5 Å². The molecule has 220 valence electrons. The lowest BCUT2D eigenvalue weighted by Crippen LogP contribution is -3.00. The molecule has 5 heteroatoms. The van der Waals surface area contributed by atoms with E-state index in [9.17, 15) is 4.79 Å². The monoisotopic (exact) mass is 642 g/mol. The van der Waals surface area contributed by atoms with Crippen LogP contribution in [0.15, 0.2) is 91.0 Å². The molecule has 0 aliphatic rings. The van der Waals surface area contributed by atoms with E-state index in [0.29, 0.717) is 6.54 Å². The summed E-state index contributed by atoms with van der Waals surface area (Å²) in [4.78, 5) is 16.8. The summed E-state index contributed by atoms with van der Waals surface area (Å²) in [5.74, 6) is 0.140. The van der Waals surface area contributed by atoms with Crippen molar-refractivity contribution >= 4 is 38.1 Å². The quantitative estimate of drug-likeness (QED) is 0.118. The molecule has 4 aromatic carbocycles. The molecule has 0 radical (unpaired) electrons. The molecule has 1 aromatic heterocycles. The molecule has 3 nitrogen and oxygen atoms in total. The van der Waals surface area contributed by atoms with Crippen molar-refractivity contribution in [1.82, 2.24) is 4.90 Å². The number of carbonyl (C=O) groups is 1. The molecule has 1 amide bonds. The van der Waals surface area contributed by atoms with Crippen LogP contribution in [0.3, 0.4) is 0 Å². The Balaban J connectivity index is 0.00000405. The van der Waals surface area contributed by atoms with Gasteiger partial charge in [-0.25, -0.2) is 0 Å². The number of aryl methyl sites for hydroxylation is 2. The zero-order valence-corrected chi connectivity index (χ0v) is 27.8. The van der Waals surface area contributed by atoms with E-state index >= 15 is 0 Å². The molecule has 0 aliphatic heterocycles. The number of fused-ring (bicyclic) bond motifs is 2. The first-order valence-corrected chi connectivity index (χ1v) is 15.9. The summed E-state index contributed by atoms with van der Waals surface area (Å²) < 4.78 is 2.25. The molecule has 0 saturated carbocycles. The van der Waals surface area contributed by atoms with Crippen LogP contribution < -0.4 is 17.0 Å². The number of nitrogens with zero attached hydrogens (tertiary/aromatic N) is 2. The lowest BCUT2D eigenvalue weighted by Gasteiger charge is -2.37. The molecule has 0 bridgehead atoms. The summed E-state index contributed by atoms with van der Waals surface area (Å²) in [6, 6.07) is 32.3. The van der Waals surface area contributed by atoms with Crippen LogP contribution >= 0.6 is 11.3 Å². The highest BCUT2D eigenvalue weighted by Gasteiger charge is 2.24. The van der Waals surface area contributed by atoms with E-state index in [1.807, 2.05) is 12.1 Å². The molecule has 0 spiro atoms. The first-order chi connectivity index (χ1) is 19.9. The van der Waals surface area contributed by atoms with Crippen molar-refractivity contribution in [2.24, 2.45) is 0 Å². The van der Waals surface area contributed by atoms with Crippen molar-refractivity contribution < 1.29 is 26.3 Å². The van der Waals surface area contributed by atoms with E-state index < -0.39 is 0 Å². The third-order valence-corrected chi connectivity index (χ3v) is 9.67. The number of rotatable bonds is 12. The molecule has 0 N–H and O–H groups in total. The second kappa shape index (κ2) is 14.5. The maximum Gasteiger partial charge on any atom is 0.264 e. The molecule has 1 heterocycles. The summed E-state index contributed by atoms with van der Waals surface area (Å²) in [5, 5.41) is 3.60. The van der Waals surface area contributed by atoms with Gasteiger partial charge in [0, 0.05) is 23.4 Å². The molecule has 0 saturated heterocycles. The van der Waals surface area contributed by atoms with Gasteiger partial charge in [-0.3, -0.25) is 4.79 Å². The summed E-state index contributed by atoms with van der Waals surface area (Å²) >= 11 is 1.61. The average molecular weight is 644 g/mol. The topological polar surface area (TPSA) is 20.3 Å². The van der Waals surface area contributed by atoms with Gasteiger partial charge in [-0.05, 0) is 80.5 Å². The normalized spacial score (nSPS) is 11.5. The van der Waals surface area contributed by atoms with E-state index in [1.54, 1.807) is 11.3 Å². The van der Waals surface area contributed by atoms with Crippen LogP contribution in [0, 0.1) is 13.8 Å². The number of hydrogen-bond acceptors (Lipinski definition) is 2. The SMILES string of the molecule is CC[N+](CC)(CCCCN(Cc1ccc2ccccc2c1)C(=O)c1cc2ccccc2s1)Cc1cc(C)cc(C)c1.[Br-]. The van der Waals surface area contributed by atoms with Gasteiger partial charge in [-0.2, -0.15) is 0 Å². The first-order valence-electron chi connectivity index (χ1n) is 15.1. The Kier molecular flexibility index (Phi) is 11.0. The summed E-state index contributed by atoms with van der Waals surface area (Å²) in [5.41, 5.74) is 5.30. The van der Waals surface area contributed by atoms with Crippen LogP contribution in [0.1, 0.15) is 58.6 Å². The molecular weight excluding hydrogens is 600 g/mol. The van der Waals surface area contributed by atoms with Crippen molar-refractivity contribution in [2.45, 2.75) is 53.6 Å². The number of thiophene rings is 1. The highest BCUT2D eigenvalue weighted by atomic mass is 79.9. The molecule has 0 fully saturated rings. The highest BCUT2D eigenvalue weighted by molar-refractivity contribution is 7.20. The van der Waals surface area contributed by atoms with Gasteiger partial charge < -0.3 is 26.4 Å². The van der Waals surface area contributed by atoms with Gasteiger partial charge in [0.15, 0.2) is 0 Å². The van der Waals surface area contributed by atoms with Gasteiger partial charge in [-0.1, -0.05) is 83.9 Å². The largest absolute Gasteiger partial charge is 1.00 e. The standard InChI is InChI=1S/C37H43N2OS.BrH/c1-5-39(6-2,27-31-22-28(3)21-29(4)23-31)20-12-11-19-38(26-30-17-18-32-13-7-8-14-33(32)24-30)37(40)36-25-34-15-9-10-16-35(34)41-36;/h7-10,13-18,21-25H,5-6,11-12,19-20,26-27H2,1-4H3;1H/q+1;/p-1. The third-order valence-electron chi connectivity index (χ3n) is 8.56. The Hall–Kier alpha value is -2.99. The lowest BCUT2D eigenvalue weighted by molar-refractivity contribution is -0.938. The number of carbonyl (C=O) groups excluding carboxylic acids is 1. The number of quaternary nitrogens is 1. The van der Waals surface area contributed by atoms with Crippen molar-refractivity contribution in [3.05, 3.63) is 118 Å². The Morgan fingerprint density at radius 3 is 2.10 bits per heavy atom. The zero-order chi connectivity index (χ0) is 28.8. The minimum Gasteiger partial charge on any atom is -1.00 e. The molecule has 0 aliphatic carbocycles. The fraction of sp³-hybridized carbons (Fsp3) is 0.324. The summed E-state index contributed by atoms with van der Waals surface area (Å²) in [6.07, 6.45) is 2.09. The average Bonchev–Trinajstić information content (AvgIpc) is 3.41. The predicted octanol–water partition coefficient (Wildman–Crippen LogP) is 6.15. The number of hydrogen-bond donors (Lipinski definition) is 0. The molecule has 42 heavy (non-hydrogen) atoms. The van der Waals surface area contributed by atoms with Crippen LogP contribution in [0.2, 0.25) is 0 Å². The van der Waals surface area contributed by atoms with E-state index in [-0.39, 0.29) is 22.9 Å². The van der Waals surface area contributed by atoms with Crippen LogP contribution in [0.25, 0.3) is 20.9 Å². The van der Waals surface area contributed by atoms with Crippen molar-refractivity contribution in [2.75, 3.05) is 26.2 Å². The Morgan fingerprint density at radius 1 is 0.738 bits per heavy atom. The van der Waals surface area contributed by atoms with E-state index in [1.165, 1.54) is 37.7 Å². The van der Waals surface area contributed by atoms with E-state index in [0.717, 1.165) is 60.3 Å². The minimum atomic E-state index is 0. The van der Waals surface area contributed by atoms with Gasteiger partial charge in [0.2, 0.25) is 0 Å². The van der Waals surface area contributed by atoms with Crippen LogP contribution in [-0.2, 0) is 13.1 Å². The van der Waals surface area contributed by atoms with Crippen molar-refractivity contribution in [3.8, 4) is 0 Å². The van der Waals surface area contributed by atoms with Crippen molar-refractivity contribution in [1.29, 1.82) is 0 Å². The van der Waals surface area contributed by atoms with Gasteiger partial charge >= 0.3 is 0 Å². The summed E-state index contributed by atoms with van der Waals surface area (Å²) in [7, 11) is 0. The number of benzene rings is 4. The molecule has 0 atom stereocenters. The minimum absolute atomic E-state index is 0. The Bertz CT molecular complexity index is 1580. The Labute approximate surface area is 266 Å². The highest BCUT2D eigenvalue weighted by Crippen LogP contribution is 2.27. The second-order valence-electron chi connectivity index (χ2n) is 11.6. The third kappa shape index (κ3) is 7.69. The van der Waals surface area contributed by atoms with Gasteiger partial charge in [0.25, 0.3) is 5.91 Å². The molecular formula is C37H43BrN2OS.